The second kappa shape index (κ2) is 13.7. The predicted molar refractivity (Wildman–Crippen MR) is 131 cm³/mol. The number of aromatic hydroxyl groups is 1. The van der Waals surface area contributed by atoms with E-state index in [0.717, 1.165) is 11.6 Å². The van der Waals surface area contributed by atoms with E-state index in [0.29, 0.717) is 0 Å². The Morgan fingerprint density at radius 2 is 1.66 bits per heavy atom. The van der Waals surface area contributed by atoms with Gasteiger partial charge in [-0.2, -0.15) is 0 Å². The van der Waals surface area contributed by atoms with E-state index in [1.54, 1.807) is 26.0 Å². The van der Waals surface area contributed by atoms with E-state index in [1.807, 2.05) is 0 Å². The number of hydrogen-bond donors (Lipinski definition) is 6. The number of aliphatic hydroxyl groups excluding tert-OH is 1. The minimum absolute atomic E-state index is 0.0666. The SMILES string of the molecule is C=C(F)/C=C(/CC(N)CC(=O)NCC(C)(C)CNC(=O)C(O)C(N)Cc1ccc(O)cc1)C(=C)F. The minimum Gasteiger partial charge on any atom is -0.508 e. The van der Waals surface area contributed by atoms with Crippen LogP contribution in [0.5, 0.6) is 5.75 Å². The Morgan fingerprint density at radius 1 is 1.09 bits per heavy atom. The van der Waals surface area contributed by atoms with Gasteiger partial charge in [-0.25, -0.2) is 8.78 Å². The van der Waals surface area contributed by atoms with Crippen molar-refractivity contribution in [1.82, 2.24) is 10.6 Å². The van der Waals surface area contributed by atoms with Crippen LogP contribution in [0.4, 0.5) is 8.78 Å². The summed E-state index contributed by atoms with van der Waals surface area (Å²) in [5.74, 6) is -2.62. The highest BCUT2D eigenvalue weighted by Crippen LogP contribution is 2.19. The van der Waals surface area contributed by atoms with E-state index < -0.39 is 47.1 Å². The second-order valence-corrected chi connectivity index (χ2v) is 9.33. The van der Waals surface area contributed by atoms with E-state index >= 15 is 0 Å². The topological polar surface area (TPSA) is 151 Å². The number of hydrogen-bond acceptors (Lipinski definition) is 6. The van der Waals surface area contributed by atoms with Gasteiger partial charge in [0.2, 0.25) is 11.8 Å². The lowest BCUT2D eigenvalue weighted by Gasteiger charge is -2.27. The van der Waals surface area contributed by atoms with Gasteiger partial charge in [0, 0.05) is 31.6 Å². The van der Waals surface area contributed by atoms with E-state index in [9.17, 15) is 28.6 Å². The maximum atomic E-state index is 13.4. The molecule has 3 unspecified atom stereocenters. The molecule has 8 nitrogen and oxygen atoms in total. The summed E-state index contributed by atoms with van der Waals surface area (Å²) in [4.78, 5) is 24.6. The van der Waals surface area contributed by atoms with Crippen molar-refractivity contribution in [2.24, 2.45) is 16.9 Å². The molecule has 0 radical (unpaired) electrons. The highest BCUT2D eigenvalue weighted by molar-refractivity contribution is 5.81. The number of halogens is 2. The Hall–Kier alpha value is -3.08. The zero-order valence-corrected chi connectivity index (χ0v) is 20.2. The largest absolute Gasteiger partial charge is 0.508 e. The smallest absolute Gasteiger partial charge is 0.250 e. The van der Waals surface area contributed by atoms with Crippen molar-refractivity contribution in [3.63, 3.8) is 0 Å². The highest BCUT2D eigenvalue weighted by atomic mass is 19.1. The molecule has 194 valence electrons. The van der Waals surface area contributed by atoms with Gasteiger partial charge in [0.1, 0.15) is 23.5 Å². The number of nitrogens with two attached hydrogens (primary N) is 2. The van der Waals surface area contributed by atoms with E-state index in [-0.39, 0.29) is 43.7 Å². The fourth-order valence-electron chi connectivity index (χ4n) is 3.14. The van der Waals surface area contributed by atoms with Crippen LogP contribution in [0.25, 0.3) is 0 Å². The van der Waals surface area contributed by atoms with E-state index in [2.05, 4.69) is 23.8 Å². The Kier molecular flexibility index (Phi) is 11.7. The molecule has 1 rings (SSSR count). The van der Waals surface area contributed by atoms with Gasteiger partial charge in [-0.1, -0.05) is 39.1 Å². The van der Waals surface area contributed by atoms with Crippen LogP contribution in [0.3, 0.4) is 0 Å². The van der Waals surface area contributed by atoms with Crippen molar-refractivity contribution in [2.45, 2.75) is 51.3 Å². The number of allylic oxidation sites excluding steroid dienone is 3. The first-order chi connectivity index (χ1) is 16.2. The molecule has 10 heteroatoms. The van der Waals surface area contributed by atoms with E-state index in [4.69, 9.17) is 11.5 Å². The van der Waals surface area contributed by atoms with Gasteiger partial charge < -0.3 is 32.3 Å². The molecule has 1 aromatic carbocycles. The van der Waals surface area contributed by atoms with Crippen LogP contribution in [0, 0.1) is 5.41 Å². The quantitative estimate of drug-likeness (QED) is 0.217. The van der Waals surface area contributed by atoms with Gasteiger partial charge in [-0.15, -0.1) is 0 Å². The van der Waals surface area contributed by atoms with Gasteiger partial charge in [0.15, 0.2) is 0 Å². The number of carbonyl (C=O) groups is 2. The summed E-state index contributed by atoms with van der Waals surface area (Å²) in [6.45, 7) is 10.1. The first-order valence-electron chi connectivity index (χ1n) is 11.1. The summed E-state index contributed by atoms with van der Waals surface area (Å²) >= 11 is 0. The molecule has 8 N–H and O–H groups in total. The average molecular weight is 495 g/mol. The number of phenols is 1. The minimum atomic E-state index is -1.44. The first kappa shape index (κ1) is 30.0. The first-order valence-corrected chi connectivity index (χ1v) is 11.1. The number of carbonyl (C=O) groups excluding carboxylic acids is 2. The molecule has 0 bridgehead atoms. The molecular weight excluding hydrogens is 458 g/mol. The van der Waals surface area contributed by atoms with Crippen LogP contribution in [-0.2, 0) is 16.0 Å². The highest BCUT2D eigenvalue weighted by Gasteiger charge is 2.26. The molecule has 3 atom stereocenters. The summed E-state index contributed by atoms with van der Waals surface area (Å²) in [6, 6.07) is 4.68. The zero-order chi connectivity index (χ0) is 26.8. The zero-order valence-electron chi connectivity index (χ0n) is 20.2. The molecule has 0 heterocycles. The molecule has 0 aromatic heterocycles. The number of benzene rings is 1. The number of amides is 2. The van der Waals surface area contributed by atoms with Gasteiger partial charge in [0.05, 0.1) is 0 Å². The van der Waals surface area contributed by atoms with Crippen molar-refractivity contribution >= 4 is 11.8 Å². The van der Waals surface area contributed by atoms with Crippen LogP contribution in [0.1, 0.15) is 32.3 Å². The van der Waals surface area contributed by atoms with Crippen LogP contribution in [-0.4, -0.2) is 53.3 Å². The van der Waals surface area contributed by atoms with Crippen molar-refractivity contribution in [2.75, 3.05) is 13.1 Å². The molecule has 0 aliphatic rings. The van der Waals surface area contributed by atoms with Crippen LogP contribution < -0.4 is 22.1 Å². The Balaban J connectivity index is 2.48. The standard InChI is InChI=1S/C25H36F2N4O4/c1-15(26)9-18(16(2)27)11-19(28)12-22(33)30-13-25(3,4)14-31-24(35)23(34)21(29)10-17-5-7-20(32)8-6-17/h5-9,19,21,23,32,34H,1-2,10-14,28-29H2,3-4H3,(H,30,33)(H,31,35)/b18-9-. The molecule has 0 saturated carbocycles. The third-order valence-electron chi connectivity index (χ3n) is 5.20. The van der Waals surface area contributed by atoms with Crippen molar-refractivity contribution in [3.8, 4) is 5.75 Å². The van der Waals surface area contributed by atoms with Crippen LogP contribution in [0.15, 0.2) is 60.7 Å². The molecule has 0 spiro atoms. The molecule has 0 fully saturated rings. The average Bonchev–Trinajstić information content (AvgIpc) is 2.76. The van der Waals surface area contributed by atoms with Crippen LogP contribution in [0.2, 0.25) is 0 Å². The second-order valence-electron chi connectivity index (χ2n) is 9.33. The third-order valence-corrected chi connectivity index (χ3v) is 5.20. The molecule has 1 aromatic rings. The van der Waals surface area contributed by atoms with Crippen molar-refractivity contribution in [1.29, 1.82) is 0 Å². The molecular formula is C25H36F2N4O4. The molecule has 0 aliphatic carbocycles. The normalized spacial score (nSPS) is 14.5. The molecule has 35 heavy (non-hydrogen) atoms. The summed E-state index contributed by atoms with van der Waals surface area (Å²) in [7, 11) is 0. The van der Waals surface area contributed by atoms with Gasteiger partial charge in [-0.05, 0) is 47.6 Å². The van der Waals surface area contributed by atoms with E-state index in [1.165, 1.54) is 12.1 Å². The van der Waals surface area contributed by atoms with Crippen molar-refractivity contribution < 1.29 is 28.6 Å². The summed E-state index contributed by atoms with van der Waals surface area (Å²) in [5, 5.41) is 24.9. The fourth-order valence-corrected chi connectivity index (χ4v) is 3.14. The molecule has 2 amide bonds. The summed E-state index contributed by atoms with van der Waals surface area (Å²) in [6.07, 6.45) is -0.540. The lowest BCUT2D eigenvalue weighted by Crippen LogP contribution is -2.50. The summed E-state index contributed by atoms with van der Waals surface area (Å²) in [5.41, 5.74) is 12.0. The number of phenolic OH excluding ortho intramolecular Hbond substituents is 1. The van der Waals surface area contributed by atoms with Gasteiger partial charge in [0.25, 0.3) is 0 Å². The molecule has 0 aliphatic heterocycles. The predicted octanol–water partition coefficient (Wildman–Crippen LogP) is 1.88. The lowest BCUT2D eigenvalue weighted by molar-refractivity contribution is -0.130. The van der Waals surface area contributed by atoms with Gasteiger partial charge >= 0.3 is 0 Å². The van der Waals surface area contributed by atoms with Crippen molar-refractivity contribution in [3.05, 3.63) is 66.3 Å². The fraction of sp³-hybridized carbons (Fsp3) is 0.440. The maximum Gasteiger partial charge on any atom is 0.250 e. The Bertz CT molecular complexity index is 932. The maximum absolute atomic E-state index is 13.4. The number of rotatable bonds is 14. The monoisotopic (exact) mass is 494 g/mol. The molecule has 0 saturated heterocycles. The van der Waals surface area contributed by atoms with Gasteiger partial charge in [-0.3, -0.25) is 9.59 Å². The van der Waals surface area contributed by atoms with Crippen LogP contribution >= 0.6 is 0 Å². The third kappa shape index (κ3) is 11.7. The number of nitrogens with one attached hydrogen (secondary N) is 2. The Labute approximate surface area is 204 Å². The summed E-state index contributed by atoms with van der Waals surface area (Å²) < 4.78 is 26.4. The number of aliphatic hydroxyl groups is 1. The lowest BCUT2D eigenvalue weighted by atomic mass is 9.92. The Morgan fingerprint density at radius 3 is 2.20 bits per heavy atom.